The van der Waals surface area contributed by atoms with Crippen LogP contribution in [0.15, 0.2) is 48.5 Å². The molecule has 1 amide bonds. The average molecular weight is 377 g/mol. The number of ether oxygens (including phenoxy) is 1. The molecule has 0 radical (unpaired) electrons. The number of aromatic amines is 1. The lowest BCUT2D eigenvalue weighted by atomic mass is 10.1. The highest BCUT2D eigenvalue weighted by Gasteiger charge is 2.21. The molecule has 5 heteroatoms. The number of hydrogen-bond acceptors (Lipinski definition) is 3. The van der Waals surface area contributed by atoms with Crippen LogP contribution in [0.3, 0.4) is 0 Å². The molecular formula is C23H27N3O2. The van der Waals surface area contributed by atoms with Crippen molar-refractivity contribution in [1.82, 2.24) is 15.2 Å². The van der Waals surface area contributed by atoms with Crippen LogP contribution in [-0.2, 0) is 4.74 Å². The van der Waals surface area contributed by atoms with Crippen LogP contribution in [0, 0.1) is 13.8 Å². The summed E-state index contributed by atoms with van der Waals surface area (Å²) in [4.78, 5) is 18.7. The van der Waals surface area contributed by atoms with Crippen LogP contribution in [0.5, 0.6) is 0 Å². The number of benzene rings is 2. The van der Waals surface area contributed by atoms with Gasteiger partial charge in [-0.2, -0.15) is 0 Å². The van der Waals surface area contributed by atoms with Crippen molar-refractivity contribution in [1.29, 1.82) is 0 Å². The van der Waals surface area contributed by atoms with Gasteiger partial charge in [-0.15, -0.1) is 0 Å². The summed E-state index contributed by atoms with van der Waals surface area (Å²) in [6, 6.07) is 16.3. The smallest absolute Gasteiger partial charge is 0.268 e. The van der Waals surface area contributed by atoms with E-state index < -0.39 is 0 Å². The minimum absolute atomic E-state index is 0.0685. The van der Waals surface area contributed by atoms with Crippen molar-refractivity contribution in [2.24, 2.45) is 0 Å². The minimum Gasteiger partial charge on any atom is -0.379 e. The molecule has 0 saturated carbocycles. The fraction of sp³-hybridized carbons (Fsp3) is 0.348. The lowest BCUT2D eigenvalue weighted by Crippen LogP contribution is -2.43. The second-order valence-electron chi connectivity index (χ2n) is 7.58. The van der Waals surface area contributed by atoms with E-state index >= 15 is 0 Å². The first-order chi connectivity index (χ1) is 13.6. The summed E-state index contributed by atoms with van der Waals surface area (Å²) in [5.74, 6) is -0.0737. The minimum atomic E-state index is -0.0737. The predicted molar refractivity (Wildman–Crippen MR) is 112 cm³/mol. The van der Waals surface area contributed by atoms with Gasteiger partial charge in [0.25, 0.3) is 5.91 Å². The van der Waals surface area contributed by atoms with Gasteiger partial charge in [-0.05, 0) is 42.7 Å². The summed E-state index contributed by atoms with van der Waals surface area (Å²) < 4.78 is 5.46. The highest BCUT2D eigenvalue weighted by Crippen LogP contribution is 2.22. The van der Waals surface area contributed by atoms with Crippen molar-refractivity contribution in [3.63, 3.8) is 0 Å². The molecule has 28 heavy (non-hydrogen) atoms. The van der Waals surface area contributed by atoms with Crippen LogP contribution in [-0.4, -0.2) is 48.6 Å². The van der Waals surface area contributed by atoms with Gasteiger partial charge in [0.1, 0.15) is 5.69 Å². The van der Waals surface area contributed by atoms with E-state index in [1.807, 2.05) is 24.3 Å². The quantitative estimate of drug-likeness (QED) is 0.714. The zero-order chi connectivity index (χ0) is 19.5. The first-order valence-corrected chi connectivity index (χ1v) is 9.86. The molecule has 1 atom stereocenters. The van der Waals surface area contributed by atoms with Gasteiger partial charge in [0, 0.05) is 30.5 Å². The van der Waals surface area contributed by atoms with E-state index in [0.29, 0.717) is 5.69 Å². The third kappa shape index (κ3) is 4.11. The average Bonchev–Trinajstić information content (AvgIpc) is 3.13. The maximum Gasteiger partial charge on any atom is 0.268 e. The number of nitrogens with one attached hydrogen (secondary N) is 2. The Labute approximate surface area is 165 Å². The number of carbonyl (C=O) groups is 1. The van der Waals surface area contributed by atoms with Crippen molar-refractivity contribution < 1.29 is 9.53 Å². The van der Waals surface area contributed by atoms with E-state index in [2.05, 4.69) is 53.3 Å². The highest BCUT2D eigenvalue weighted by atomic mass is 16.5. The molecule has 3 aromatic rings. The Balaban J connectivity index is 1.57. The first-order valence-electron chi connectivity index (χ1n) is 9.86. The van der Waals surface area contributed by atoms with Gasteiger partial charge in [-0.3, -0.25) is 9.69 Å². The van der Waals surface area contributed by atoms with Gasteiger partial charge in [0.2, 0.25) is 0 Å². The van der Waals surface area contributed by atoms with Crippen LogP contribution in [0.4, 0.5) is 0 Å². The zero-order valence-electron chi connectivity index (χ0n) is 16.5. The number of amides is 1. The standard InChI is InChI=1S/C23H27N3O2/c1-16-12-17(2)19-14-21(24-20(19)13-16)23(27)25-22(18-6-4-3-5-7-18)15-26-8-10-28-11-9-26/h3-7,12-14,22,24H,8-11,15H2,1-2H3,(H,25,27). The van der Waals surface area contributed by atoms with Crippen molar-refractivity contribution >= 4 is 16.8 Å². The third-order valence-corrected chi connectivity index (χ3v) is 5.39. The van der Waals surface area contributed by atoms with Gasteiger partial charge < -0.3 is 15.0 Å². The number of fused-ring (bicyclic) bond motifs is 1. The lowest BCUT2D eigenvalue weighted by Gasteiger charge is -2.31. The largest absolute Gasteiger partial charge is 0.379 e. The Bertz CT molecular complexity index is 959. The zero-order valence-corrected chi connectivity index (χ0v) is 16.5. The summed E-state index contributed by atoms with van der Waals surface area (Å²) in [6.07, 6.45) is 0. The summed E-state index contributed by atoms with van der Waals surface area (Å²) in [5, 5.41) is 4.34. The molecule has 146 valence electrons. The topological polar surface area (TPSA) is 57.4 Å². The molecule has 1 aliphatic heterocycles. The monoisotopic (exact) mass is 377 g/mol. The number of aryl methyl sites for hydroxylation is 2. The number of H-pyrrole nitrogens is 1. The van der Waals surface area contributed by atoms with Gasteiger partial charge in [-0.25, -0.2) is 0 Å². The fourth-order valence-electron chi connectivity index (χ4n) is 3.92. The number of hydrogen-bond donors (Lipinski definition) is 2. The van der Waals surface area contributed by atoms with E-state index in [4.69, 9.17) is 4.74 Å². The van der Waals surface area contributed by atoms with E-state index in [0.717, 1.165) is 49.3 Å². The first kappa shape index (κ1) is 18.7. The van der Waals surface area contributed by atoms with E-state index in [1.54, 1.807) is 0 Å². The molecule has 2 N–H and O–H groups in total. The van der Waals surface area contributed by atoms with E-state index in [1.165, 1.54) is 11.1 Å². The Morgan fingerprint density at radius 1 is 1.14 bits per heavy atom. The molecule has 1 unspecified atom stereocenters. The molecular weight excluding hydrogens is 350 g/mol. The Morgan fingerprint density at radius 2 is 1.89 bits per heavy atom. The summed E-state index contributed by atoms with van der Waals surface area (Å²) in [7, 11) is 0. The van der Waals surface area contributed by atoms with Crippen molar-refractivity contribution in [2.45, 2.75) is 19.9 Å². The predicted octanol–water partition coefficient (Wildman–Crippen LogP) is 3.59. The highest BCUT2D eigenvalue weighted by molar-refractivity contribution is 5.99. The Kier molecular flexibility index (Phi) is 5.46. The van der Waals surface area contributed by atoms with E-state index in [-0.39, 0.29) is 11.9 Å². The number of carbonyl (C=O) groups excluding carboxylic acids is 1. The molecule has 2 heterocycles. The molecule has 0 aliphatic carbocycles. The molecule has 4 rings (SSSR count). The number of rotatable bonds is 5. The number of morpholine rings is 1. The van der Waals surface area contributed by atoms with Crippen LogP contribution in [0.1, 0.15) is 33.2 Å². The molecule has 1 aromatic heterocycles. The fourth-order valence-corrected chi connectivity index (χ4v) is 3.92. The molecule has 1 fully saturated rings. The van der Waals surface area contributed by atoms with Crippen molar-refractivity contribution in [3.05, 3.63) is 70.9 Å². The molecule has 1 aliphatic rings. The van der Waals surface area contributed by atoms with E-state index in [9.17, 15) is 4.79 Å². The second kappa shape index (κ2) is 8.17. The van der Waals surface area contributed by atoms with Crippen LogP contribution in [0.25, 0.3) is 10.9 Å². The molecule has 0 bridgehead atoms. The summed E-state index contributed by atoms with van der Waals surface area (Å²) in [5.41, 5.74) is 5.09. The molecule has 0 spiro atoms. The number of aromatic nitrogens is 1. The molecule has 5 nitrogen and oxygen atoms in total. The SMILES string of the molecule is Cc1cc(C)c2cc(C(=O)NC(CN3CCOCC3)c3ccccc3)[nH]c2c1. The maximum atomic E-state index is 13.1. The normalized spacial score (nSPS) is 16.2. The lowest BCUT2D eigenvalue weighted by molar-refractivity contribution is 0.0332. The van der Waals surface area contributed by atoms with Crippen molar-refractivity contribution in [2.75, 3.05) is 32.8 Å². The van der Waals surface area contributed by atoms with Crippen LogP contribution < -0.4 is 5.32 Å². The van der Waals surface area contributed by atoms with Crippen LogP contribution >= 0.6 is 0 Å². The number of nitrogens with zero attached hydrogens (tertiary/aromatic N) is 1. The van der Waals surface area contributed by atoms with Crippen molar-refractivity contribution in [3.8, 4) is 0 Å². The van der Waals surface area contributed by atoms with Crippen LogP contribution in [0.2, 0.25) is 0 Å². The third-order valence-electron chi connectivity index (χ3n) is 5.39. The molecule has 2 aromatic carbocycles. The van der Waals surface area contributed by atoms with Gasteiger partial charge >= 0.3 is 0 Å². The van der Waals surface area contributed by atoms with Gasteiger partial charge in [0.15, 0.2) is 0 Å². The summed E-state index contributed by atoms with van der Waals surface area (Å²) >= 11 is 0. The summed E-state index contributed by atoms with van der Waals surface area (Å²) in [6.45, 7) is 8.20. The maximum absolute atomic E-state index is 13.1. The van der Waals surface area contributed by atoms with Gasteiger partial charge in [0.05, 0.1) is 19.3 Å². The molecule has 1 saturated heterocycles. The second-order valence-corrected chi connectivity index (χ2v) is 7.58. The van der Waals surface area contributed by atoms with Gasteiger partial charge in [-0.1, -0.05) is 36.4 Å². The Morgan fingerprint density at radius 3 is 2.64 bits per heavy atom. The Hall–Kier alpha value is -2.63.